The van der Waals surface area contributed by atoms with Gasteiger partial charge < -0.3 is 4.52 Å². The van der Waals surface area contributed by atoms with Gasteiger partial charge in [0.15, 0.2) is 0 Å². The van der Waals surface area contributed by atoms with Gasteiger partial charge in [0.1, 0.15) is 5.76 Å². The van der Waals surface area contributed by atoms with Crippen molar-refractivity contribution in [3.63, 3.8) is 0 Å². The van der Waals surface area contributed by atoms with E-state index in [4.69, 9.17) is 4.52 Å². The maximum atomic E-state index is 5.25. The Morgan fingerprint density at radius 3 is 2.57 bits per heavy atom. The van der Waals surface area contributed by atoms with E-state index < -0.39 is 0 Å². The van der Waals surface area contributed by atoms with Crippen LogP contribution in [0.4, 0.5) is 0 Å². The predicted molar refractivity (Wildman–Crippen MR) is 56.1 cm³/mol. The highest BCUT2D eigenvalue weighted by atomic mass is 16.5. The van der Waals surface area contributed by atoms with Crippen LogP contribution in [-0.4, -0.2) is 5.16 Å². The molecular formula is C12H13NO. The second-order valence-corrected chi connectivity index (χ2v) is 3.29. The summed E-state index contributed by atoms with van der Waals surface area (Å²) in [6.45, 7) is 4.05. The molecule has 0 unspecified atom stereocenters. The van der Waals surface area contributed by atoms with E-state index >= 15 is 0 Å². The lowest BCUT2D eigenvalue weighted by molar-refractivity contribution is 0.383. The van der Waals surface area contributed by atoms with E-state index in [9.17, 15) is 0 Å². The third kappa shape index (κ3) is 1.43. The Morgan fingerprint density at radius 2 is 1.93 bits per heavy atom. The van der Waals surface area contributed by atoms with Crippen molar-refractivity contribution < 1.29 is 4.52 Å². The van der Waals surface area contributed by atoms with Gasteiger partial charge in [-0.2, -0.15) is 0 Å². The highest BCUT2D eigenvalue weighted by Crippen LogP contribution is 2.27. The van der Waals surface area contributed by atoms with Crippen molar-refractivity contribution >= 4 is 0 Å². The van der Waals surface area contributed by atoms with E-state index in [0.717, 1.165) is 23.4 Å². The van der Waals surface area contributed by atoms with Crippen molar-refractivity contribution in [3.05, 3.63) is 41.8 Å². The third-order valence-electron chi connectivity index (χ3n) is 2.32. The van der Waals surface area contributed by atoms with Crippen LogP contribution in [-0.2, 0) is 6.42 Å². The summed E-state index contributed by atoms with van der Waals surface area (Å²) in [6, 6.07) is 10.2. The van der Waals surface area contributed by atoms with E-state index in [1.807, 2.05) is 25.1 Å². The number of hydrogen-bond donors (Lipinski definition) is 0. The molecule has 2 heteroatoms. The van der Waals surface area contributed by atoms with Crippen molar-refractivity contribution in [3.8, 4) is 11.1 Å². The lowest BCUT2D eigenvalue weighted by Gasteiger charge is -1.99. The highest BCUT2D eigenvalue weighted by Gasteiger charge is 2.12. The molecule has 0 N–H and O–H groups in total. The monoisotopic (exact) mass is 187 g/mol. The van der Waals surface area contributed by atoms with E-state index in [1.54, 1.807) is 0 Å². The molecule has 1 aromatic heterocycles. The summed E-state index contributed by atoms with van der Waals surface area (Å²) in [5.74, 6) is 0.966. The molecule has 0 amide bonds. The summed E-state index contributed by atoms with van der Waals surface area (Å²) in [6.07, 6.45) is 0.880. The molecule has 0 saturated carbocycles. The topological polar surface area (TPSA) is 26.0 Å². The molecule has 1 heterocycles. The maximum absolute atomic E-state index is 5.25. The lowest BCUT2D eigenvalue weighted by atomic mass is 10.0. The quantitative estimate of drug-likeness (QED) is 0.721. The molecule has 0 aliphatic rings. The summed E-state index contributed by atoms with van der Waals surface area (Å²) < 4.78 is 5.25. The summed E-state index contributed by atoms with van der Waals surface area (Å²) in [4.78, 5) is 0. The fourth-order valence-corrected chi connectivity index (χ4v) is 1.63. The van der Waals surface area contributed by atoms with Crippen LogP contribution in [0, 0.1) is 6.92 Å². The Balaban J connectivity index is 2.55. The zero-order valence-electron chi connectivity index (χ0n) is 8.45. The van der Waals surface area contributed by atoms with Crippen LogP contribution in [0.25, 0.3) is 11.1 Å². The Kier molecular flexibility index (Phi) is 2.35. The number of aromatic nitrogens is 1. The summed E-state index contributed by atoms with van der Waals surface area (Å²) >= 11 is 0. The fourth-order valence-electron chi connectivity index (χ4n) is 1.63. The van der Waals surface area contributed by atoms with Crippen molar-refractivity contribution in [2.75, 3.05) is 0 Å². The number of rotatable bonds is 2. The molecule has 0 spiro atoms. The van der Waals surface area contributed by atoms with Crippen molar-refractivity contribution in [2.24, 2.45) is 0 Å². The molecule has 0 radical (unpaired) electrons. The molecule has 0 atom stereocenters. The maximum Gasteiger partial charge on any atom is 0.144 e. The van der Waals surface area contributed by atoms with Crippen LogP contribution in [0.15, 0.2) is 34.9 Å². The highest BCUT2D eigenvalue weighted by molar-refractivity contribution is 5.67. The van der Waals surface area contributed by atoms with Crippen LogP contribution in [0.5, 0.6) is 0 Å². The number of aryl methyl sites for hydroxylation is 2. The average Bonchev–Trinajstić information content (AvgIpc) is 2.61. The largest absolute Gasteiger partial charge is 0.360 e. The van der Waals surface area contributed by atoms with Crippen molar-refractivity contribution in [1.29, 1.82) is 0 Å². The second-order valence-electron chi connectivity index (χ2n) is 3.29. The van der Waals surface area contributed by atoms with Gasteiger partial charge in [-0.3, -0.25) is 0 Å². The normalized spacial score (nSPS) is 10.4. The molecule has 0 fully saturated rings. The average molecular weight is 187 g/mol. The molecule has 0 aliphatic heterocycles. The molecule has 2 aromatic rings. The van der Waals surface area contributed by atoms with Crippen LogP contribution in [0.2, 0.25) is 0 Å². The third-order valence-corrected chi connectivity index (χ3v) is 2.32. The molecule has 2 rings (SSSR count). The number of benzene rings is 1. The van der Waals surface area contributed by atoms with Crippen LogP contribution < -0.4 is 0 Å². The lowest BCUT2D eigenvalue weighted by Crippen LogP contribution is -1.83. The molecule has 0 aliphatic carbocycles. The van der Waals surface area contributed by atoms with Crippen LogP contribution in [0.1, 0.15) is 18.4 Å². The first kappa shape index (κ1) is 9.00. The van der Waals surface area contributed by atoms with E-state index in [2.05, 4.69) is 24.2 Å². The minimum Gasteiger partial charge on any atom is -0.360 e. The zero-order chi connectivity index (χ0) is 9.97. The van der Waals surface area contributed by atoms with Crippen LogP contribution >= 0.6 is 0 Å². The van der Waals surface area contributed by atoms with Gasteiger partial charge in [-0.1, -0.05) is 42.4 Å². The van der Waals surface area contributed by atoms with Gasteiger partial charge in [-0.15, -0.1) is 0 Å². The fraction of sp³-hybridized carbons (Fsp3) is 0.250. The Labute approximate surface area is 83.5 Å². The van der Waals surface area contributed by atoms with E-state index in [1.165, 1.54) is 5.56 Å². The molecule has 0 bridgehead atoms. The Hall–Kier alpha value is -1.57. The molecular weight excluding hydrogens is 174 g/mol. The second kappa shape index (κ2) is 3.66. The van der Waals surface area contributed by atoms with E-state index in [0.29, 0.717) is 0 Å². The summed E-state index contributed by atoms with van der Waals surface area (Å²) in [5, 5.41) is 3.99. The number of nitrogens with zero attached hydrogens (tertiary/aromatic N) is 1. The summed E-state index contributed by atoms with van der Waals surface area (Å²) in [7, 11) is 0. The predicted octanol–water partition coefficient (Wildman–Crippen LogP) is 3.21. The Bertz CT molecular complexity index is 417. The molecule has 0 saturated heterocycles. The van der Waals surface area contributed by atoms with Gasteiger partial charge in [0.2, 0.25) is 0 Å². The van der Waals surface area contributed by atoms with Crippen molar-refractivity contribution in [2.45, 2.75) is 20.3 Å². The first-order chi connectivity index (χ1) is 6.83. The molecule has 14 heavy (non-hydrogen) atoms. The standard InChI is InChI=1S/C12H13NO/c1-3-11-12(9(2)13-14-11)10-7-5-4-6-8-10/h4-8H,3H2,1-2H3. The number of hydrogen-bond acceptors (Lipinski definition) is 2. The molecule has 2 nitrogen and oxygen atoms in total. The van der Waals surface area contributed by atoms with Crippen molar-refractivity contribution in [1.82, 2.24) is 5.16 Å². The molecule has 1 aromatic carbocycles. The Morgan fingerprint density at radius 1 is 1.21 bits per heavy atom. The minimum absolute atomic E-state index is 0.880. The SMILES string of the molecule is CCc1onc(C)c1-c1ccccc1. The van der Waals surface area contributed by atoms with Gasteiger partial charge in [-0.05, 0) is 12.5 Å². The minimum atomic E-state index is 0.880. The molecule has 72 valence electrons. The van der Waals surface area contributed by atoms with Gasteiger partial charge in [0.25, 0.3) is 0 Å². The first-order valence-corrected chi connectivity index (χ1v) is 4.83. The van der Waals surface area contributed by atoms with Gasteiger partial charge in [0.05, 0.1) is 5.69 Å². The first-order valence-electron chi connectivity index (χ1n) is 4.83. The summed E-state index contributed by atoms with van der Waals surface area (Å²) in [5.41, 5.74) is 3.30. The van der Waals surface area contributed by atoms with Gasteiger partial charge in [-0.25, -0.2) is 0 Å². The van der Waals surface area contributed by atoms with Gasteiger partial charge in [0, 0.05) is 12.0 Å². The van der Waals surface area contributed by atoms with Gasteiger partial charge >= 0.3 is 0 Å². The smallest absolute Gasteiger partial charge is 0.144 e. The van der Waals surface area contributed by atoms with E-state index in [-0.39, 0.29) is 0 Å². The van der Waals surface area contributed by atoms with Crippen LogP contribution in [0.3, 0.4) is 0 Å². The zero-order valence-corrected chi connectivity index (χ0v) is 8.45.